The van der Waals surface area contributed by atoms with E-state index in [1.54, 1.807) is 25.2 Å². The van der Waals surface area contributed by atoms with E-state index in [-0.39, 0.29) is 36.8 Å². The second-order valence-corrected chi connectivity index (χ2v) is 11.4. The van der Waals surface area contributed by atoms with Crippen molar-refractivity contribution in [2.75, 3.05) is 38.2 Å². The van der Waals surface area contributed by atoms with Crippen molar-refractivity contribution >= 4 is 17.6 Å². The molecule has 2 atom stereocenters. The van der Waals surface area contributed by atoms with Gasteiger partial charge in [0.25, 0.3) is 5.91 Å². The van der Waals surface area contributed by atoms with Crippen molar-refractivity contribution < 1.29 is 28.2 Å². The molecule has 1 saturated heterocycles. The van der Waals surface area contributed by atoms with E-state index in [9.17, 15) is 9.59 Å². The van der Waals surface area contributed by atoms with Crippen LogP contribution in [0.3, 0.4) is 0 Å². The molecule has 0 aliphatic carbocycles. The van der Waals surface area contributed by atoms with E-state index in [0.29, 0.717) is 67.0 Å². The molecular formula is C32H38FN5O5. The normalized spacial score (nSPS) is 19.5. The quantitative estimate of drug-likeness (QED) is 0.467. The third-order valence-corrected chi connectivity index (χ3v) is 7.42. The first-order chi connectivity index (χ1) is 20.7. The second-order valence-electron chi connectivity index (χ2n) is 11.4. The number of aromatic nitrogens is 2. The molecule has 228 valence electrons. The highest BCUT2D eigenvalue weighted by Gasteiger charge is 2.34. The fourth-order valence-electron chi connectivity index (χ4n) is 5.20. The highest BCUT2D eigenvalue weighted by atomic mass is 19.1. The number of aryl methyl sites for hydroxylation is 1. The molecule has 3 aromatic rings. The van der Waals surface area contributed by atoms with Crippen LogP contribution < -0.4 is 19.7 Å². The maximum absolute atomic E-state index is 15.1. The number of likely N-dealkylation sites (N-methyl/N-ethyl adjacent to an activating group) is 1. The number of nitrogens with one attached hydrogen (secondary N) is 1. The van der Waals surface area contributed by atoms with Gasteiger partial charge >= 0.3 is 0 Å². The lowest BCUT2D eigenvalue weighted by Crippen LogP contribution is -2.56. The zero-order valence-corrected chi connectivity index (χ0v) is 25.0. The summed E-state index contributed by atoms with van der Waals surface area (Å²) in [5.41, 5.74) is 1.56. The molecule has 1 N–H and O–H groups in total. The van der Waals surface area contributed by atoms with E-state index in [4.69, 9.17) is 14.2 Å². The summed E-state index contributed by atoms with van der Waals surface area (Å²) in [4.78, 5) is 38.1. The van der Waals surface area contributed by atoms with Gasteiger partial charge in [0, 0.05) is 31.8 Å². The van der Waals surface area contributed by atoms with Gasteiger partial charge in [0.15, 0.2) is 11.6 Å². The number of hydrogen-bond acceptors (Lipinski definition) is 8. The molecule has 0 spiro atoms. The van der Waals surface area contributed by atoms with E-state index >= 15 is 4.39 Å². The van der Waals surface area contributed by atoms with Gasteiger partial charge < -0.3 is 29.3 Å². The van der Waals surface area contributed by atoms with Crippen molar-refractivity contribution in [3.63, 3.8) is 0 Å². The summed E-state index contributed by atoms with van der Waals surface area (Å²) in [6.07, 6.45) is 1.86. The van der Waals surface area contributed by atoms with E-state index < -0.39 is 11.9 Å². The Balaban J connectivity index is 1.44. The molecule has 0 radical (unpaired) electrons. The van der Waals surface area contributed by atoms with E-state index in [2.05, 4.69) is 15.3 Å². The van der Waals surface area contributed by atoms with Crippen LogP contribution in [0.5, 0.6) is 17.2 Å². The van der Waals surface area contributed by atoms with Crippen LogP contribution in [-0.4, -0.2) is 72.1 Å². The van der Waals surface area contributed by atoms with Gasteiger partial charge in [-0.3, -0.25) is 9.59 Å². The van der Waals surface area contributed by atoms with Crippen LogP contribution in [0, 0.1) is 11.7 Å². The number of hydrogen-bond donors (Lipinski definition) is 1. The number of nitrogens with zero attached hydrogens (tertiary/aromatic N) is 4. The number of piperidine rings is 1. The molecule has 1 fully saturated rings. The summed E-state index contributed by atoms with van der Waals surface area (Å²) in [5.74, 6) is 0.944. The molecule has 0 unspecified atom stereocenters. The first kappa shape index (κ1) is 30.2. The second kappa shape index (κ2) is 13.4. The Morgan fingerprint density at radius 1 is 1.14 bits per heavy atom. The van der Waals surface area contributed by atoms with Gasteiger partial charge in [-0.25, -0.2) is 14.4 Å². The Kier molecular flexibility index (Phi) is 9.40. The highest BCUT2D eigenvalue weighted by Crippen LogP contribution is 2.30. The highest BCUT2D eigenvalue weighted by molar-refractivity contribution is 5.97. The third-order valence-electron chi connectivity index (χ3n) is 7.42. The van der Waals surface area contributed by atoms with Crippen molar-refractivity contribution in [3.05, 3.63) is 71.4 Å². The molecule has 3 heterocycles. The summed E-state index contributed by atoms with van der Waals surface area (Å²) in [7, 11) is 1.58. The van der Waals surface area contributed by atoms with Crippen molar-refractivity contribution in [2.24, 2.45) is 5.92 Å². The average Bonchev–Trinajstić information content (AvgIpc) is 2.99. The van der Waals surface area contributed by atoms with Crippen LogP contribution in [0.4, 0.5) is 10.2 Å². The summed E-state index contributed by atoms with van der Waals surface area (Å²) in [6, 6.07) is 12.2. The van der Waals surface area contributed by atoms with Crippen molar-refractivity contribution in [1.29, 1.82) is 0 Å². The maximum atomic E-state index is 15.1. The summed E-state index contributed by atoms with van der Waals surface area (Å²) in [5, 5.41) is 3.06. The fourth-order valence-corrected chi connectivity index (χ4v) is 5.20. The number of rotatable bonds is 5. The maximum Gasteiger partial charge on any atom is 0.254 e. The molecule has 2 aliphatic heterocycles. The zero-order valence-electron chi connectivity index (χ0n) is 25.0. The SMILES string of the molecule is CCc1ncnc(N2CC[C@@H]3NC(=O)CN(C)C(=O)c4cc(OCC(C)C)cc(c4)Oc4cccc(c4)CO[C@H]3C2)c1F. The first-order valence-corrected chi connectivity index (χ1v) is 14.7. The molecule has 5 rings (SSSR count). The van der Waals surface area contributed by atoms with Crippen LogP contribution in [0.25, 0.3) is 0 Å². The molecule has 10 nitrogen and oxygen atoms in total. The lowest BCUT2D eigenvalue weighted by molar-refractivity contribution is -0.123. The Bertz CT molecular complexity index is 1470. The van der Waals surface area contributed by atoms with E-state index in [1.807, 2.05) is 49.9 Å². The number of carbonyl (C=O) groups is 2. The largest absolute Gasteiger partial charge is 0.493 e. The Morgan fingerprint density at radius 3 is 2.77 bits per heavy atom. The smallest absolute Gasteiger partial charge is 0.254 e. The standard InChI is InChI=1S/C32H38FN5O5/c1-5-26-30(33)31(35-19-34-26)38-10-9-27-28(15-38)42-18-21-7-6-8-23(11-21)43-25-13-22(12-24(14-25)41-17-20(2)3)32(40)37(4)16-29(39)36-27/h6-8,11-14,19-20,27-28H,5,9-10,15-18H2,1-4H3,(H,36,39)/t27-,28-/m0/s1. The molecule has 11 heteroatoms. The number of amides is 2. The number of carbonyl (C=O) groups excluding carboxylic acids is 2. The Hall–Kier alpha value is -4.25. The number of halogens is 1. The van der Waals surface area contributed by atoms with E-state index in [1.165, 1.54) is 11.2 Å². The zero-order chi connectivity index (χ0) is 30.5. The van der Waals surface area contributed by atoms with Crippen molar-refractivity contribution in [1.82, 2.24) is 20.2 Å². The van der Waals surface area contributed by atoms with Crippen LogP contribution in [0.1, 0.15) is 48.8 Å². The summed E-state index contributed by atoms with van der Waals surface area (Å²) in [6.45, 7) is 7.28. The topological polar surface area (TPSA) is 106 Å². The minimum Gasteiger partial charge on any atom is -0.493 e. The van der Waals surface area contributed by atoms with Crippen molar-refractivity contribution in [2.45, 2.75) is 52.4 Å². The third kappa shape index (κ3) is 7.40. The van der Waals surface area contributed by atoms with Gasteiger partial charge in [-0.05, 0) is 48.6 Å². The number of anilines is 1. The summed E-state index contributed by atoms with van der Waals surface area (Å²) >= 11 is 0. The van der Waals surface area contributed by atoms with Crippen LogP contribution in [0.2, 0.25) is 0 Å². The van der Waals surface area contributed by atoms with Gasteiger partial charge in [0.2, 0.25) is 5.91 Å². The molecular weight excluding hydrogens is 553 g/mol. The van der Waals surface area contributed by atoms with E-state index in [0.717, 1.165) is 5.56 Å². The number of benzene rings is 2. The minimum absolute atomic E-state index is 0.154. The lowest BCUT2D eigenvalue weighted by atomic mass is 10.0. The van der Waals surface area contributed by atoms with Gasteiger partial charge in [-0.2, -0.15) is 0 Å². The predicted molar refractivity (Wildman–Crippen MR) is 159 cm³/mol. The molecule has 0 saturated carbocycles. The van der Waals surface area contributed by atoms with Gasteiger partial charge in [-0.1, -0.05) is 32.9 Å². The predicted octanol–water partition coefficient (Wildman–Crippen LogP) is 4.37. The van der Waals surface area contributed by atoms with Crippen LogP contribution in [0.15, 0.2) is 48.8 Å². The summed E-state index contributed by atoms with van der Waals surface area (Å²) < 4.78 is 33.6. The molecule has 4 bridgehead atoms. The molecule has 2 aromatic carbocycles. The Labute approximate surface area is 251 Å². The molecule has 2 aliphatic rings. The fraction of sp³-hybridized carbons (Fsp3) is 0.438. The van der Waals surface area contributed by atoms with Gasteiger partial charge in [0.05, 0.1) is 37.6 Å². The van der Waals surface area contributed by atoms with Crippen molar-refractivity contribution in [3.8, 4) is 17.2 Å². The average molecular weight is 592 g/mol. The Morgan fingerprint density at radius 2 is 1.98 bits per heavy atom. The number of fused-ring (bicyclic) bond motifs is 5. The minimum atomic E-state index is -0.468. The van der Waals surface area contributed by atoms with Gasteiger partial charge in [-0.15, -0.1) is 0 Å². The lowest BCUT2D eigenvalue weighted by Gasteiger charge is -2.39. The number of ether oxygens (including phenoxy) is 3. The first-order valence-electron chi connectivity index (χ1n) is 14.7. The molecule has 43 heavy (non-hydrogen) atoms. The van der Waals surface area contributed by atoms with Crippen LogP contribution in [-0.2, 0) is 22.6 Å². The molecule has 1 aromatic heterocycles. The monoisotopic (exact) mass is 591 g/mol. The van der Waals surface area contributed by atoms with Gasteiger partial charge in [0.1, 0.15) is 23.6 Å². The van der Waals surface area contributed by atoms with Crippen LogP contribution >= 0.6 is 0 Å². The molecule has 2 amide bonds.